The number of pyridine rings is 1. The third-order valence-electron chi connectivity index (χ3n) is 5.33. The number of anilines is 1. The zero-order valence-corrected chi connectivity index (χ0v) is 20.0. The number of ether oxygens (including phenoxy) is 1. The SMILES string of the molecule is C[C@@H](COc1cccc(Cl)c1)NC(=O)c1cn(Cc2ccc(Cn3ccccc3=O)cc2)nc1N. The molecule has 8 nitrogen and oxygen atoms in total. The number of nitrogens with one attached hydrogen (secondary N) is 1. The third-order valence-corrected chi connectivity index (χ3v) is 5.56. The summed E-state index contributed by atoms with van der Waals surface area (Å²) < 4.78 is 8.96. The summed E-state index contributed by atoms with van der Waals surface area (Å²) in [5, 5.41) is 7.74. The first-order valence-electron chi connectivity index (χ1n) is 11.1. The number of nitrogens with zero attached hydrogens (tertiary/aromatic N) is 3. The second kappa shape index (κ2) is 10.9. The van der Waals surface area contributed by atoms with Gasteiger partial charge in [-0.1, -0.05) is 48.0 Å². The van der Waals surface area contributed by atoms with Crippen LogP contribution in [0.15, 0.2) is 83.9 Å². The van der Waals surface area contributed by atoms with Crippen molar-refractivity contribution in [2.45, 2.75) is 26.1 Å². The van der Waals surface area contributed by atoms with E-state index in [1.807, 2.05) is 37.3 Å². The molecule has 1 amide bonds. The number of aromatic nitrogens is 3. The lowest BCUT2D eigenvalue weighted by atomic mass is 10.1. The molecule has 180 valence electrons. The van der Waals surface area contributed by atoms with Crippen molar-refractivity contribution in [3.8, 4) is 5.75 Å². The third kappa shape index (κ3) is 6.51. The van der Waals surface area contributed by atoms with E-state index in [2.05, 4.69) is 10.4 Å². The van der Waals surface area contributed by atoms with Crippen LogP contribution in [0.2, 0.25) is 5.02 Å². The first kappa shape index (κ1) is 24.1. The van der Waals surface area contributed by atoms with Crippen LogP contribution < -0.4 is 21.3 Å². The van der Waals surface area contributed by atoms with Crippen molar-refractivity contribution >= 4 is 23.3 Å². The summed E-state index contributed by atoms with van der Waals surface area (Å²) in [6, 6.07) is 19.8. The Bertz CT molecular complexity index is 1360. The smallest absolute Gasteiger partial charge is 0.256 e. The van der Waals surface area contributed by atoms with Gasteiger partial charge in [0, 0.05) is 23.5 Å². The molecule has 0 aliphatic heterocycles. The van der Waals surface area contributed by atoms with E-state index >= 15 is 0 Å². The van der Waals surface area contributed by atoms with Crippen LogP contribution in [0.1, 0.15) is 28.4 Å². The minimum Gasteiger partial charge on any atom is -0.491 e. The monoisotopic (exact) mass is 491 g/mol. The van der Waals surface area contributed by atoms with Gasteiger partial charge in [-0.15, -0.1) is 0 Å². The van der Waals surface area contributed by atoms with Gasteiger partial charge in [-0.3, -0.25) is 14.3 Å². The van der Waals surface area contributed by atoms with Crippen molar-refractivity contribution in [1.82, 2.24) is 19.7 Å². The molecule has 9 heteroatoms. The average Bonchev–Trinajstić information content (AvgIpc) is 3.20. The van der Waals surface area contributed by atoms with Crippen LogP contribution in [0.25, 0.3) is 0 Å². The summed E-state index contributed by atoms with van der Waals surface area (Å²) in [6.07, 6.45) is 3.40. The molecule has 0 aliphatic rings. The number of hydrogen-bond acceptors (Lipinski definition) is 5. The minimum absolute atomic E-state index is 0.0419. The molecule has 0 radical (unpaired) electrons. The van der Waals surface area contributed by atoms with Gasteiger partial charge in [0.1, 0.15) is 17.9 Å². The molecule has 2 aromatic heterocycles. The maximum atomic E-state index is 12.7. The first-order chi connectivity index (χ1) is 16.9. The Morgan fingerprint density at radius 2 is 1.83 bits per heavy atom. The predicted octanol–water partition coefficient (Wildman–Crippen LogP) is 3.57. The summed E-state index contributed by atoms with van der Waals surface area (Å²) in [7, 11) is 0. The molecule has 0 bridgehead atoms. The minimum atomic E-state index is -0.320. The van der Waals surface area contributed by atoms with E-state index < -0.39 is 0 Å². The Morgan fingerprint density at radius 3 is 2.54 bits per heavy atom. The van der Waals surface area contributed by atoms with Gasteiger partial charge < -0.3 is 20.4 Å². The molecule has 2 heterocycles. The highest BCUT2D eigenvalue weighted by Crippen LogP contribution is 2.17. The zero-order valence-electron chi connectivity index (χ0n) is 19.2. The van der Waals surface area contributed by atoms with Crippen molar-refractivity contribution in [3.63, 3.8) is 0 Å². The standard InChI is InChI=1S/C26H26ClN5O3/c1-18(17-35-22-6-4-5-21(27)13-22)29-26(34)23-16-32(30-25(23)28)15-20-10-8-19(9-11-20)14-31-12-3-2-7-24(31)33/h2-13,16,18H,14-15,17H2,1H3,(H2,28,30)(H,29,34)/t18-/m0/s1. The van der Waals surface area contributed by atoms with Crippen LogP contribution in [0, 0.1) is 0 Å². The van der Waals surface area contributed by atoms with E-state index in [4.69, 9.17) is 22.1 Å². The van der Waals surface area contributed by atoms with Crippen molar-refractivity contribution < 1.29 is 9.53 Å². The molecule has 1 atom stereocenters. The van der Waals surface area contributed by atoms with Crippen molar-refractivity contribution in [1.29, 1.82) is 0 Å². The number of rotatable bonds is 9. The Kier molecular flexibility index (Phi) is 7.52. The molecule has 4 aromatic rings. The summed E-state index contributed by atoms with van der Waals surface area (Å²) in [5.74, 6) is 0.470. The molecule has 2 aromatic carbocycles. The van der Waals surface area contributed by atoms with Crippen LogP contribution in [0.3, 0.4) is 0 Å². The Balaban J connectivity index is 1.33. The molecule has 0 saturated heterocycles. The number of nitrogen functional groups attached to an aromatic ring is 1. The normalized spacial score (nSPS) is 11.7. The predicted molar refractivity (Wildman–Crippen MR) is 136 cm³/mol. The van der Waals surface area contributed by atoms with E-state index in [1.165, 1.54) is 6.07 Å². The van der Waals surface area contributed by atoms with Crippen molar-refractivity contribution in [3.05, 3.63) is 111 Å². The lowest BCUT2D eigenvalue weighted by Gasteiger charge is -2.14. The summed E-state index contributed by atoms with van der Waals surface area (Å²) in [5.41, 5.74) is 8.27. The summed E-state index contributed by atoms with van der Waals surface area (Å²) in [6.45, 7) is 3.07. The van der Waals surface area contributed by atoms with Gasteiger partial charge in [0.25, 0.3) is 11.5 Å². The Morgan fingerprint density at radius 1 is 1.09 bits per heavy atom. The number of halogens is 1. The maximum absolute atomic E-state index is 12.7. The highest BCUT2D eigenvalue weighted by molar-refractivity contribution is 6.30. The Hall–Kier alpha value is -4.04. The molecule has 35 heavy (non-hydrogen) atoms. The maximum Gasteiger partial charge on any atom is 0.256 e. The lowest BCUT2D eigenvalue weighted by molar-refractivity contribution is 0.0927. The fourth-order valence-corrected chi connectivity index (χ4v) is 3.72. The quantitative estimate of drug-likeness (QED) is 0.372. The molecule has 0 spiro atoms. The zero-order chi connectivity index (χ0) is 24.8. The van der Waals surface area contributed by atoms with Gasteiger partial charge in [0.05, 0.1) is 19.1 Å². The molecule has 0 aliphatic carbocycles. The van der Waals surface area contributed by atoms with Gasteiger partial charge in [-0.2, -0.15) is 5.10 Å². The van der Waals surface area contributed by atoms with Crippen molar-refractivity contribution in [2.75, 3.05) is 12.3 Å². The molecule has 0 saturated carbocycles. The molecule has 0 fully saturated rings. The molecule has 4 rings (SSSR count). The summed E-state index contributed by atoms with van der Waals surface area (Å²) >= 11 is 5.96. The van der Waals surface area contributed by atoms with Gasteiger partial charge >= 0.3 is 0 Å². The number of nitrogens with two attached hydrogens (primary N) is 1. The van der Waals surface area contributed by atoms with Gasteiger partial charge in [-0.05, 0) is 42.3 Å². The second-order valence-electron chi connectivity index (χ2n) is 8.25. The van der Waals surface area contributed by atoms with E-state index in [0.717, 1.165) is 11.1 Å². The van der Waals surface area contributed by atoms with E-state index in [9.17, 15) is 9.59 Å². The highest BCUT2D eigenvalue weighted by atomic mass is 35.5. The molecule has 3 N–H and O–H groups in total. The van der Waals surface area contributed by atoms with Gasteiger partial charge in [-0.25, -0.2) is 0 Å². The lowest BCUT2D eigenvalue weighted by Crippen LogP contribution is -2.36. The van der Waals surface area contributed by atoms with E-state index in [1.54, 1.807) is 52.0 Å². The van der Waals surface area contributed by atoms with E-state index in [0.29, 0.717) is 29.4 Å². The van der Waals surface area contributed by atoms with Crippen LogP contribution in [0.5, 0.6) is 5.75 Å². The van der Waals surface area contributed by atoms with Gasteiger partial charge in [0.15, 0.2) is 5.82 Å². The van der Waals surface area contributed by atoms with Crippen molar-refractivity contribution in [2.24, 2.45) is 0 Å². The van der Waals surface area contributed by atoms with Crippen LogP contribution in [-0.4, -0.2) is 32.9 Å². The fourth-order valence-electron chi connectivity index (χ4n) is 3.54. The largest absolute Gasteiger partial charge is 0.491 e. The second-order valence-corrected chi connectivity index (χ2v) is 8.69. The highest BCUT2D eigenvalue weighted by Gasteiger charge is 2.17. The topological polar surface area (TPSA) is 104 Å². The van der Waals surface area contributed by atoms with Crippen LogP contribution in [0.4, 0.5) is 5.82 Å². The summed E-state index contributed by atoms with van der Waals surface area (Å²) in [4.78, 5) is 24.6. The first-order valence-corrected chi connectivity index (χ1v) is 11.5. The molecule has 0 unspecified atom stereocenters. The number of carbonyl (C=O) groups is 1. The molecular weight excluding hydrogens is 466 g/mol. The Labute approximate surface area is 207 Å². The number of hydrogen-bond donors (Lipinski definition) is 2. The molecular formula is C26H26ClN5O3. The number of carbonyl (C=O) groups excluding carboxylic acids is 1. The number of benzene rings is 2. The van der Waals surface area contributed by atoms with Crippen LogP contribution in [-0.2, 0) is 13.1 Å². The fraction of sp³-hybridized carbons (Fsp3) is 0.192. The van der Waals surface area contributed by atoms with Gasteiger partial charge in [0.2, 0.25) is 0 Å². The van der Waals surface area contributed by atoms with E-state index in [-0.39, 0.29) is 29.9 Å². The average molecular weight is 492 g/mol. The number of amides is 1. The van der Waals surface area contributed by atoms with Crippen LogP contribution >= 0.6 is 11.6 Å².